The average molecular weight is 436 g/mol. The van der Waals surface area contributed by atoms with Gasteiger partial charge >= 0.3 is 0 Å². The SMILES string of the molecule is O=S(=O)(Nc1ccccc1Cl)c1cccc(NC(=S)Nc2ccc(F)cc2)c1. The topological polar surface area (TPSA) is 70.2 Å². The molecular formula is C19H15ClFN3O2S2. The van der Waals surface area contributed by atoms with Crippen LogP contribution in [-0.4, -0.2) is 13.5 Å². The lowest BCUT2D eigenvalue weighted by atomic mass is 10.3. The fourth-order valence-corrected chi connectivity index (χ4v) is 3.92. The highest BCUT2D eigenvalue weighted by Gasteiger charge is 2.16. The number of para-hydroxylation sites is 1. The molecule has 144 valence electrons. The van der Waals surface area contributed by atoms with Crippen LogP contribution in [-0.2, 0) is 10.0 Å². The molecule has 0 aliphatic carbocycles. The molecule has 3 aromatic rings. The zero-order chi connectivity index (χ0) is 20.1. The summed E-state index contributed by atoms with van der Waals surface area (Å²) in [5.41, 5.74) is 1.36. The second-order valence-corrected chi connectivity index (χ2v) is 8.20. The third kappa shape index (κ3) is 5.19. The summed E-state index contributed by atoms with van der Waals surface area (Å²) in [5.74, 6) is -0.353. The first-order chi connectivity index (χ1) is 13.3. The molecular weight excluding hydrogens is 421 g/mol. The smallest absolute Gasteiger partial charge is 0.262 e. The van der Waals surface area contributed by atoms with Gasteiger partial charge in [-0.15, -0.1) is 0 Å². The number of hydrogen-bond acceptors (Lipinski definition) is 3. The Morgan fingerprint density at radius 3 is 2.29 bits per heavy atom. The molecule has 0 saturated carbocycles. The Morgan fingerprint density at radius 1 is 0.893 bits per heavy atom. The number of benzene rings is 3. The monoisotopic (exact) mass is 435 g/mol. The van der Waals surface area contributed by atoms with Crippen LogP contribution in [0.25, 0.3) is 0 Å². The number of nitrogens with one attached hydrogen (secondary N) is 3. The number of sulfonamides is 1. The highest BCUT2D eigenvalue weighted by atomic mass is 35.5. The predicted octanol–water partition coefficient (Wildman–Crippen LogP) is 5.09. The van der Waals surface area contributed by atoms with Crippen LogP contribution in [0.4, 0.5) is 21.5 Å². The van der Waals surface area contributed by atoms with Gasteiger partial charge in [-0.3, -0.25) is 4.72 Å². The number of hydrogen-bond donors (Lipinski definition) is 3. The third-order valence-electron chi connectivity index (χ3n) is 3.62. The van der Waals surface area contributed by atoms with Crippen molar-refractivity contribution in [3.8, 4) is 0 Å². The Bertz CT molecular complexity index is 1110. The summed E-state index contributed by atoms with van der Waals surface area (Å²) in [6, 6.07) is 18.4. The molecule has 0 amide bonds. The molecule has 0 aromatic heterocycles. The van der Waals surface area contributed by atoms with Gasteiger partial charge in [-0.05, 0) is 66.8 Å². The van der Waals surface area contributed by atoms with Gasteiger partial charge in [0.15, 0.2) is 5.11 Å². The second kappa shape index (κ2) is 8.55. The van der Waals surface area contributed by atoms with E-state index in [1.54, 1.807) is 36.4 Å². The van der Waals surface area contributed by atoms with Crippen molar-refractivity contribution in [1.82, 2.24) is 0 Å². The van der Waals surface area contributed by atoms with Gasteiger partial charge in [-0.25, -0.2) is 12.8 Å². The Labute approximate surface area is 172 Å². The number of anilines is 3. The fourth-order valence-electron chi connectivity index (χ4n) is 2.32. The van der Waals surface area contributed by atoms with Crippen molar-refractivity contribution in [1.29, 1.82) is 0 Å². The van der Waals surface area contributed by atoms with Crippen LogP contribution in [0.5, 0.6) is 0 Å². The van der Waals surface area contributed by atoms with E-state index in [1.165, 1.54) is 36.4 Å². The Hall–Kier alpha value is -2.68. The van der Waals surface area contributed by atoms with Gasteiger partial charge in [-0.2, -0.15) is 0 Å². The van der Waals surface area contributed by atoms with Crippen LogP contribution in [0.1, 0.15) is 0 Å². The van der Waals surface area contributed by atoms with E-state index in [9.17, 15) is 12.8 Å². The quantitative estimate of drug-likeness (QED) is 0.487. The van der Waals surface area contributed by atoms with E-state index in [-0.39, 0.29) is 21.5 Å². The minimum absolute atomic E-state index is 0.0435. The molecule has 0 aliphatic rings. The largest absolute Gasteiger partial charge is 0.332 e. The first-order valence-electron chi connectivity index (χ1n) is 8.04. The van der Waals surface area contributed by atoms with Crippen LogP contribution in [0.3, 0.4) is 0 Å². The summed E-state index contributed by atoms with van der Waals surface area (Å²) in [6.07, 6.45) is 0. The van der Waals surface area contributed by atoms with E-state index in [0.29, 0.717) is 16.4 Å². The van der Waals surface area contributed by atoms with Gasteiger partial charge in [-0.1, -0.05) is 29.8 Å². The maximum Gasteiger partial charge on any atom is 0.262 e. The first kappa shape index (κ1) is 20.1. The number of thiocarbonyl (C=S) groups is 1. The lowest BCUT2D eigenvalue weighted by molar-refractivity contribution is 0.601. The zero-order valence-electron chi connectivity index (χ0n) is 14.3. The summed E-state index contributed by atoms with van der Waals surface area (Å²) >= 11 is 11.2. The normalized spacial score (nSPS) is 10.9. The van der Waals surface area contributed by atoms with Crippen molar-refractivity contribution in [3.05, 3.63) is 83.6 Å². The first-order valence-corrected chi connectivity index (χ1v) is 10.3. The average Bonchev–Trinajstić information content (AvgIpc) is 2.65. The highest BCUT2D eigenvalue weighted by molar-refractivity contribution is 7.92. The van der Waals surface area contributed by atoms with E-state index in [1.807, 2.05) is 0 Å². The maximum atomic E-state index is 13.0. The van der Waals surface area contributed by atoms with Crippen molar-refractivity contribution in [2.24, 2.45) is 0 Å². The molecule has 0 fully saturated rings. The van der Waals surface area contributed by atoms with Gasteiger partial charge < -0.3 is 10.6 Å². The molecule has 0 atom stereocenters. The molecule has 28 heavy (non-hydrogen) atoms. The van der Waals surface area contributed by atoms with Crippen LogP contribution in [0, 0.1) is 5.82 Å². The molecule has 3 rings (SSSR count). The summed E-state index contributed by atoms with van der Waals surface area (Å²) in [7, 11) is -3.84. The van der Waals surface area contributed by atoms with E-state index in [0.717, 1.165) is 0 Å². The van der Waals surface area contributed by atoms with Gasteiger partial charge in [0, 0.05) is 11.4 Å². The molecule has 0 unspecified atom stereocenters. The van der Waals surface area contributed by atoms with Crippen molar-refractivity contribution < 1.29 is 12.8 Å². The van der Waals surface area contributed by atoms with Gasteiger partial charge in [0.2, 0.25) is 0 Å². The van der Waals surface area contributed by atoms with Crippen molar-refractivity contribution in [2.75, 3.05) is 15.4 Å². The summed E-state index contributed by atoms with van der Waals surface area (Å²) in [4.78, 5) is 0.0435. The minimum atomic E-state index is -3.84. The lowest BCUT2D eigenvalue weighted by Crippen LogP contribution is -2.19. The second-order valence-electron chi connectivity index (χ2n) is 5.70. The molecule has 0 aliphatic heterocycles. The molecule has 0 spiro atoms. The van der Waals surface area contributed by atoms with Gasteiger partial charge in [0.05, 0.1) is 15.6 Å². The Balaban J connectivity index is 1.73. The van der Waals surface area contributed by atoms with E-state index in [4.69, 9.17) is 23.8 Å². The molecule has 5 nitrogen and oxygen atoms in total. The zero-order valence-corrected chi connectivity index (χ0v) is 16.7. The molecule has 0 saturated heterocycles. The number of rotatable bonds is 5. The van der Waals surface area contributed by atoms with Crippen molar-refractivity contribution in [3.63, 3.8) is 0 Å². The standard InChI is InChI=1S/C19H15ClFN3O2S2/c20-17-6-1-2-7-18(17)24-28(25,26)16-5-3-4-15(12-16)23-19(27)22-14-10-8-13(21)9-11-14/h1-12,24H,(H2,22,23,27). The van der Waals surface area contributed by atoms with E-state index < -0.39 is 10.0 Å². The Morgan fingerprint density at radius 2 is 1.57 bits per heavy atom. The van der Waals surface area contributed by atoms with Crippen LogP contribution < -0.4 is 15.4 Å². The Kier molecular flexibility index (Phi) is 6.13. The molecule has 0 bridgehead atoms. The molecule has 0 radical (unpaired) electrons. The van der Waals surface area contributed by atoms with Crippen molar-refractivity contribution in [2.45, 2.75) is 4.90 Å². The van der Waals surface area contributed by atoms with Crippen LogP contribution in [0.15, 0.2) is 77.7 Å². The fraction of sp³-hybridized carbons (Fsp3) is 0. The molecule has 3 N–H and O–H groups in total. The van der Waals surface area contributed by atoms with Gasteiger partial charge in [0.25, 0.3) is 10.0 Å². The van der Waals surface area contributed by atoms with Gasteiger partial charge in [0.1, 0.15) is 5.82 Å². The maximum absolute atomic E-state index is 13.0. The summed E-state index contributed by atoms with van der Waals surface area (Å²) in [6.45, 7) is 0. The summed E-state index contributed by atoms with van der Waals surface area (Å²) < 4.78 is 40.7. The van der Waals surface area contributed by atoms with E-state index in [2.05, 4.69) is 15.4 Å². The van der Waals surface area contributed by atoms with Crippen LogP contribution >= 0.6 is 23.8 Å². The third-order valence-corrected chi connectivity index (χ3v) is 5.52. The molecule has 0 heterocycles. The predicted molar refractivity (Wildman–Crippen MR) is 115 cm³/mol. The summed E-state index contributed by atoms with van der Waals surface area (Å²) in [5, 5.41) is 6.33. The molecule has 9 heteroatoms. The van der Waals surface area contributed by atoms with E-state index >= 15 is 0 Å². The van der Waals surface area contributed by atoms with Crippen LogP contribution in [0.2, 0.25) is 5.02 Å². The highest BCUT2D eigenvalue weighted by Crippen LogP contribution is 2.25. The lowest BCUT2D eigenvalue weighted by Gasteiger charge is -2.13. The van der Waals surface area contributed by atoms with Crippen molar-refractivity contribution >= 4 is 56.0 Å². The molecule has 3 aromatic carbocycles. The minimum Gasteiger partial charge on any atom is -0.332 e. The number of halogens is 2.